The summed E-state index contributed by atoms with van der Waals surface area (Å²) in [5.74, 6) is 0.686. The topological polar surface area (TPSA) is 49.7 Å². The SMILES string of the molecule is CCCCCCCCCCCCCCCCCCc1cccc(OP(O)O)c1CCCCCCCCCCCCCCCCCC. The highest BCUT2D eigenvalue weighted by atomic mass is 31.2. The molecule has 2 N–H and O–H groups in total. The molecular weight excluding hydrogens is 583 g/mol. The average molecular weight is 663 g/mol. The van der Waals surface area contributed by atoms with Crippen LogP contribution < -0.4 is 4.52 Å². The van der Waals surface area contributed by atoms with Crippen LogP contribution in [0.25, 0.3) is 0 Å². The van der Waals surface area contributed by atoms with E-state index in [0.29, 0.717) is 5.75 Å². The molecule has 0 radical (unpaired) electrons. The van der Waals surface area contributed by atoms with Crippen LogP contribution in [-0.4, -0.2) is 9.79 Å². The fraction of sp³-hybridized carbons (Fsp3) is 0.857. The van der Waals surface area contributed by atoms with Crippen LogP contribution >= 0.6 is 8.60 Å². The van der Waals surface area contributed by atoms with Gasteiger partial charge in [0.2, 0.25) is 0 Å². The van der Waals surface area contributed by atoms with Crippen molar-refractivity contribution in [1.29, 1.82) is 0 Å². The molecule has 0 saturated heterocycles. The monoisotopic (exact) mass is 663 g/mol. The summed E-state index contributed by atoms with van der Waals surface area (Å²) in [4.78, 5) is 19.1. The third kappa shape index (κ3) is 27.3. The molecule has 0 aromatic heterocycles. The molecule has 270 valence electrons. The van der Waals surface area contributed by atoms with Gasteiger partial charge >= 0.3 is 8.60 Å². The second kappa shape index (κ2) is 34.2. The minimum absolute atomic E-state index is 0.686. The van der Waals surface area contributed by atoms with E-state index < -0.39 is 8.60 Å². The van der Waals surface area contributed by atoms with Crippen molar-refractivity contribution < 1.29 is 14.3 Å². The highest BCUT2D eigenvalue weighted by Gasteiger charge is 2.13. The van der Waals surface area contributed by atoms with Crippen LogP contribution in [0.3, 0.4) is 0 Å². The van der Waals surface area contributed by atoms with Gasteiger partial charge in [0, 0.05) is 0 Å². The Morgan fingerprint density at radius 2 is 0.717 bits per heavy atom. The first-order valence-electron chi connectivity index (χ1n) is 20.7. The number of benzene rings is 1. The second-order valence-electron chi connectivity index (χ2n) is 14.3. The lowest BCUT2D eigenvalue weighted by Crippen LogP contribution is -2.00. The molecule has 0 aliphatic carbocycles. The summed E-state index contributed by atoms with van der Waals surface area (Å²) < 4.78 is 5.47. The molecular formula is C42H79O3P. The van der Waals surface area contributed by atoms with Crippen molar-refractivity contribution in [2.45, 2.75) is 232 Å². The Kier molecular flexibility index (Phi) is 32.3. The number of unbranched alkanes of at least 4 members (excludes halogenated alkanes) is 30. The Morgan fingerprint density at radius 1 is 0.413 bits per heavy atom. The van der Waals surface area contributed by atoms with Crippen molar-refractivity contribution in [2.75, 3.05) is 0 Å². The van der Waals surface area contributed by atoms with E-state index >= 15 is 0 Å². The van der Waals surface area contributed by atoms with Crippen molar-refractivity contribution in [3.05, 3.63) is 29.3 Å². The second-order valence-corrected chi connectivity index (χ2v) is 15.0. The van der Waals surface area contributed by atoms with Gasteiger partial charge in [0.25, 0.3) is 0 Å². The number of hydrogen-bond acceptors (Lipinski definition) is 3. The zero-order valence-electron chi connectivity index (χ0n) is 31.0. The summed E-state index contributed by atoms with van der Waals surface area (Å²) in [5.41, 5.74) is 2.56. The maximum atomic E-state index is 9.56. The fourth-order valence-corrected chi connectivity index (χ4v) is 7.36. The lowest BCUT2D eigenvalue weighted by atomic mass is 9.95. The van der Waals surface area contributed by atoms with Crippen molar-refractivity contribution in [2.24, 2.45) is 0 Å². The van der Waals surface area contributed by atoms with E-state index in [1.54, 1.807) is 0 Å². The van der Waals surface area contributed by atoms with Gasteiger partial charge in [-0.15, -0.1) is 0 Å². The van der Waals surface area contributed by atoms with Crippen molar-refractivity contribution in [3.63, 3.8) is 0 Å². The standard InChI is InChI=1S/C42H79O3P/c1-3-5-7-9-11-13-15-17-19-21-23-25-27-29-31-33-36-40-37-35-39-42(45-46(43)44)41(40)38-34-32-30-28-26-24-22-20-18-16-14-12-10-8-6-4-2/h35,37,39,43-44H,3-34,36,38H2,1-2H3. The molecule has 0 fully saturated rings. The zero-order valence-corrected chi connectivity index (χ0v) is 31.9. The van der Waals surface area contributed by atoms with E-state index in [4.69, 9.17) is 4.52 Å². The summed E-state index contributed by atoms with van der Waals surface area (Å²) in [7, 11) is -2.38. The van der Waals surface area contributed by atoms with Gasteiger partial charge < -0.3 is 14.3 Å². The van der Waals surface area contributed by atoms with Gasteiger partial charge in [-0.1, -0.05) is 219 Å². The summed E-state index contributed by atoms with van der Waals surface area (Å²) >= 11 is 0. The van der Waals surface area contributed by atoms with Gasteiger partial charge in [0.05, 0.1) is 0 Å². The van der Waals surface area contributed by atoms with Crippen molar-refractivity contribution in [3.8, 4) is 5.75 Å². The maximum Gasteiger partial charge on any atom is 0.391 e. The molecule has 0 bridgehead atoms. The molecule has 1 rings (SSSR count). The highest BCUT2D eigenvalue weighted by molar-refractivity contribution is 7.39. The van der Waals surface area contributed by atoms with Gasteiger partial charge in [-0.3, -0.25) is 0 Å². The Hall–Kier alpha value is -0.630. The van der Waals surface area contributed by atoms with Crippen LogP contribution in [0.4, 0.5) is 0 Å². The first-order chi connectivity index (χ1) is 22.7. The van der Waals surface area contributed by atoms with Crippen LogP contribution in [0.1, 0.15) is 230 Å². The molecule has 4 heteroatoms. The quantitative estimate of drug-likeness (QED) is 0.0555. The van der Waals surface area contributed by atoms with E-state index in [1.165, 1.54) is 210 Å². The van der Waals surface area contributed by atoms with Gasteiger partial charge in [-0.2, -0.15) is 0 Å². The molecule has 0 unspecified atom stereocenters. The number of hydrogen-bond donors (Lipinski definition) is 2. The van der Waals surface area contributed by atoms with Crippen LogP contribution in [-0.2, 0) is 12.8 Å². The lowest BCUT2D eigenvalue weighted by molar-refractivity contribution is 0.373. The van der Waals surface area contributed by atoms with E-state index in [9.17, 15) is 9.79 Å². The first kappa shape index (κ1) is 43.4. The Bertz CT molecular complexity index is 752. The molecule has 3 nitrogen and oxygen atoms in total. The molecule has 0 spiro atoms. The maximum absolute atomic E-state index is 9.56. The minimum atomic E-state index is -2.38. The van der Waals surface area contributed by atoms with Crippen LogP contribution in [0, 0.1) is 0 Å². The molecule has 1 aromatic carbocycles. The number of rotatable bonds is 36. The smallest absolute Gasteiger partial charge is 0.391 e. The first-order valence-corrected chi connectivity index (χ1v) is 21.8. The van der Waals surface area contributed by atoms with E-state index in [1.807, 2.05) is 12.1 Å². The molecule has 0 heterocycles. The largest absolute Gasteiger partial charge is 0.427 e. The molecule has 0 saturated carbocycles. The highest BCUT2D eigenvalue weighted by Crippen LogP contribution is 2.35. The summed E-state index contributed by atoms with van der Waals surface area (Å²) in [6.45, 7) is 4.59. The van der Waals surface area contributed by atoms with Gasteiger partial charge in [0.15, 0.2) is 0 Å². The Balaban J connectivity index is 2.12. The molecule has 0 amide bonds. The van der Waals surface area contributed by atoms with Gasteiger partial charge in [0.1, 0.15) is 5.75 Å². The Labute approximate surface area is 289 Å². The molecule has 1 aromatic rings. The molecule has 0 atom stereocenters. The van der Waals surface area contributed by atoms with E-state index in [-0.39, 0.29) is 0 Å². The molecule has 46 heavy (non-hydrogen) atoms. The van der Waals surface area contributed by atoms with E-state index in [2.05, 4.69) is 19.9 Å². The van der Waals surface area contributed by atoms with Crippen molar-refractivity contribution >= 4 is 8.60 Å². The van der Waals surface area contributed by atoms with Gasteiger partial charge in [-0.05, 0) is 42.9 Å². The summed E-state index contributed by atoms with van der Waals surface area (Å²) in [6.07, 6.45) is 46.4. The Morgan fingerprint density at radius 3 is 1.04 bits per heavy atom. The molecule has 0 aliphatic heterocycles. The van der Waals surface area contributed by atoms with E-state index in [0.717, 1.165) is 19.3 Å². The van der Waals surface area contributed by atoms with Gasteiger partial charge in [-0.25, -0.2) is 0 Å². The predicted octanol–water partition coefficient (Wildman–Crippen LogP) is 14.9. The fourth-order valence-electron chi connectivity index (χ4n) is 7.02. The zero-order chi connectivity index (χ0) is 33.2. The summed E-state index contributed by atoms with van der Waals surface area (Å²) in [6, 6.07) is 6.17. The minimum Gasteiger partial charge on any atom is -0.427 e. The normalized spacial score (nSPS) is 11.6. The van der Waals surface area contributed by atoms with Crippen LogP contribution in [0.2, 0.25) is 0 Å². The average Bonchev–Trinajstić information content (AvgIpc) is 3.05. The predicted molar refractivity (Wildman–Crippen MR) is 205 cm³/mol. The van der Waals surface area contributed by atoms with Crippen LogP contribution in [0.15, 0.2) is 18.2 Å². The lowest BCUT2D eigenvalue weighted by Gasteiger charge is -2.16. The molecule has 0 aliphatic rings. The number of aryl methyl sites for hydroxylation is 1. The third-order valence-corrected chi connectivity index (χ3v) is 10.4. The third-order valence-electron chi connectivity index (χ3n) is 9.99. The summed E-state index contributed by atoms with van der Waals surface area (Å²) in [5, 5.41) is 0. The van der Waals surface area contributed by atoms with Crippen molar-refractivity contribution in [1.82, 2.24) is 0 Å². The van der Waals surface area contributed by atoms with Crippen LogP contribution in [0.5, 0.6) is 5.75 Å².